The second-order valence-electron chi connectivity index (χ2n) is 7.82. The average molecular weight is 434 g/mol. The average Bonchev–Trinajstić information content (AvgIpc) is 2.82. The Morgan fingerprint density at radius 1 is 1.21 bits per heavy atom. The lowest BCUT2D eigenvalue weighted by Gasteiger charge is -2.24. The Hall–Kier alpha value is -2.06. The van der Waals surface area contributed by atoms with Gasteiger partial charge in [0.2, 0.25) is 0 Å². The lowest BCUT2D eigenvalue weighted by atomic mass is 10.0. The zero-order chi connectivity index (χ0) is 20.9. The molecule has 0 saturated carbocycles. The highest BCUT2D eigenvalue weighted by Gasteiger charge is 2.27. The first kappa shape index (κ1) is 20.2. The van der Waals surface area contributed by atoms with Crippen LogP contribution in [0.5, 0.6) is 0 Å². The molecule has 0 amide bonds. The summed E-state index contributed by atoms with van der Waals surface area (Å²) in [5.41, 5.74) is 9.36. The van der Waals surface area contributed by atoms with Gasteiger partial charge in [0.05, 0.1) is 23.1 Å². The molecule has 0 atom stereocenters. The number of hydrogen-bond donors (Lipinski definition) is 2. The Balaban J connectivity index is 0.000000369. The molecule has 154 valence electrons. The monoisotopic (exact) mass is 433 g/mol. The summed E-state index contributed by atoms with van der Waals surface area (Å²) in [4.78, 5) is 2.42. The first-order valence-corrected chi connectivity index (χ1v) is 11.6. The third-order valence-electron chi connectivity index (χ3n) is 5.33. The molecule has 29 heavy (non-hydrogen) atoms. The van der Waals surface area contributed by atoms with Gasteiger partial charge in [0.1, 0.15) is 0 Å². The van der Waals surface area contributed by atoms with Gasteiger partial charge in [-0.3, -0.25) is 4.55 Å². The summed E-state index contributed by atoms with van der Waals surface area (Å²) >= 11 is 6.25. The molecule has 8 heteroatoms. The summed E-state index contributed by atoms with van der Waals surface area (Å²) < 4.78 is 28.4. The van der Waals surface area contributed by atoms with Crippen molar-refractivity contribution in [3.8, 4) is 5.69 Å². The molecule has 1 aromatic heterocycles. The number of nitrogens with one attached hydrogen (secondary N) is 1. The lowest BCUT2D eigenvalue weighted by Crippen LogP contribution is -2.27. The molecule has 2 aliphatic rings. The van der Waals surface area contributed by atoms with Crippen molar-refractivity contribution in [2.75, 3.05) is 25.2 Å². The number of likely N-dealkylation sites (N-methyl/N-ethyl adjacent to an activating group) is 1. The molecule has 0 fully saturated rings. The minimum absolute atomic E-state index is 0.715. The summed E-state index contributed by atoms with van der Waals surface area (Å²) in [5.74, 6) is 0. The lowest BCUT2D eigenvalue weighted by molar-refractivity contribution is 0.311. The molecule has 3 heterocycles. The fraction of sp³-hybridized carbons (Fsp3) is 0.333. The largest absolute Gasteiger partial charge is 0.379 e. The number of benzene rings is 2. The number of fused-ring (bicyclic) bond motifs is 5. The molecule has 0 bridgehead atoms. The van der Waals surface area contributed by atoms with Crippen molar-refractivity contribution < 1.29 is 13.0 Å². The first-order chi connectivity index (χ1) is 13.6. The van der Waals surface area contributed by atoms with Crippen LogP contribution in [-0.4, -0.2) is 42.3 Å². The van der Waals surface area contributed by atoms with E-state index in [1.165, 1.54) is 39.0 Å². The van der Waals surface area contributed by atoms with Crippen molar-refractivity contribution in [2.45, 2.75) is 26.4 Å². The second-order valence-corrected chi connectivity index (χ2v) is 9.72. The van der Waals surface area contributed by atoms with Gasteiger partial charge in [-0.2, -0.15) is 8.42 Å². The van der Waals surface area contributed by atoms with Gasteiger partial charge in [-0.1, -0.05) is 23.2 Å². The van der Waals surface area contributed by atoms with Crippen molar-refractivity contribution in [1.29, 1.82) is 0 Å². The smallest absolute Gasteiger partial charge is 0.261 e. The maximum absolute atomic E-state index is 9.19. The van der Waals surface area contributed by atoms with E-state index in [9.17, 15) is 8.42 Å². The van der Waals surface area contributed by atoms with Crippen LogP contribution in [0.3, 0.4) is 0 Å². The van der Waals surface area contributed by atoms with Crippen LogP contribution in [0.15, 0.2) is 30.3 Å². The van der Waals surface area contributed by atoms with E-state index in [2.05, 4.69) is 47.0 Å². The molecule has 5 rings (SSSR count). The van der Waals surface area contributed by atoms with Crippen LogP contribution in [0.1, 0.15) is 22.4 Å². The topological polar surface area (TPSA) is 74.6 Å². The van der Waals surface area contributed by atoms with Crippen LogP contribution < -0.4 is 5.32 Å². The van der Waals surface area contributed by atoms with E-state index >= 15 is 0 Å². The fourth-order valence-electron chi connectivity index (χ4n) is 4.29. The highest BCUT2D eigenvalue weighted by atomic mass is 35.5. The van der Waals surface area contributed by atoms with Crippen LogP contribution in [-0.2, 0) is 29.6 Å². The molecule has 6 nitrogen and oxygen atoms in total. The Labute approximate surface area is 175 Å². The number of nitrogens with zero attached hydrogens (tertiary/aromatic N) is 2. The molecule has 0 radical (unpaired) electrons. The van der Waals surface area contributed by atoms with E-state index in [4.69, 9.17) is 16.2 Å². The maximum Gasteiger partial charge on any atom is 0.261 e. The molecular formula is C21H24ClN3O3S. The van der Waals surface area contributed by atoms with Gasteiger partial charge < -0.3 is 14.8 Å². The van der Waals surface area contributed by atoms with Crippen LogP contribution in [0.25, 0.3) is 16.6 Å². The van der Waals surface area contributed by atoms with Crippen LogP contribution in [0.2, 0.25) is 5.02 Å². The van der Waals surface area contributed by atoms with E-state index in [-0.39, 0.29) is 0 Å². The van der Waals surface area contributed by atoms with Crippen LogP contribution in [0, 0.1) is 6.92 Å². The highest BCUT2D eigenvalue weighted by Crippen LogP contribution is 2.40. The second kappa shape index (κ2) is 7.32. The predicted octanol–water partition coefficient (Wildman–Crippen LogP) is 4.01. The van der Waals surface area contributed by atoms with E-state index in [0.717, 1.165) is 36.8 Å². The van der Waals surface area contributed by atoms with Crippen molar-refractivity contribution in [2.24, 2.45) is 0 Å². The molecule has 0 spiro atoms. The predicted molar refractivity (Wildman–Crippen MR) is 118 cm³/mol. The number of aromatic nitrogens is 1. The van der Waals surface area contributed by atoms with Gasteiger partial charge in [0, 0.05) is 42.2 Å². The van der Waals surface area contributed by atoms with Gasteiger partial charge >= 0.3 is 0 Å². The molecule has 2 aromatic carbocycles. The Kier molecular flexibility index (Phi) is 5.11. The van der Waals surface area contributed by atoms with Crippen molar-refractivity contribution in [1.82, 2.24) is 9.47 Å². The summed E-state index contributed by atoms with van der Waals surface area (Å²) in [7, 11) is -1.45. The normalized spacial score (nSPS) is 15.6. The van der Waals surface area contributed by atoms with Crippen molar-refractivity contribution >= 4 is 38.3 Å². The zero-order valence-electron chi connectivity index (χ0n) is 16.7. The van der Waals surface area contributed by atoms with Crippen molar-refractivity contribution in [3.63, 3.8) is 0 Å². The zero-order valence-corrected chi connectivity index (χ0v) is 18.2. The Bertz CT molecular complexity index is 1210. The molecule has 0 saturated heterocycles. The number of aryl methyl sites for hydroxylation is 1. The van der Waals surface area contributed by atoms with Gasteiger partial charge in [-0.15, -0.1) is 0 Å². The van der Waals surface area contributed by atoms with Gasteiger partial charge in [0.25, 0.3) is 10.1 Å². The third kappa shape index (κ3) is 4.00. The van der Waals surface area contributed by atoms with Gasteiger partial charge in [-0.05, 0) is 49.4 Å². The summed E-state index contributed by atoms with van der Waals surface area (Å²) in [6.07, 6.45) is 1.80. The SMILES string of the molecule is CS(=O)(=O)O.Cc1cc2c3c(c1)c1c(n3-c3ccc(Cl)cc3NC2)CCN(C)C1. The van der Waals surface area contributed by atoms with E-state index in [1.807, 2.05) is 12.1 Å². The van der Waals surface area contributed by atoms with E-state index < -0.39 is 10.1 Å². The number of rotatable bonds is 0. The number of hydrogen-bond acceptors (Lipinski definition) is 4. The molecule has 0 aliphatic carbocycles. The minimum Gasteiger partial charge on any atom is -0.379 e. The summed E-state index contributed by atoms with van der Waals surface area (Å²) in [6.45, 7) is 5.16. The van der Waals surface area contributed by atoms with Crippen LogP contribution >= 0.6 is 11.6 Å². The van der Waals surface area contributed by atoms with Gasteiger partial charge in [0.15, 0.2) is 0 Å². The van der Waals surface area contributed by atoms with E-state index in [1.54, 1.807) is 0 Å². The highest BCUT2D eigenvalue weighted by molar-refractivity contribution is 7.85. The molecular weight excluding hydrogens is 410 g/mol. The van der Waals surface area contributed by atoms with E-state index in [0.29, 0.717) is 6.26 Å². The minimum atomic E-state index is -3.67. The van der Waals surface area contributed by atoms with Gasteiger partial charge in [-0.25, -0.2) is 0 Å². The third-order valence-corrected chi connectivity index (χ3v) is 5.56. The summed E-state index contributed by atoms with van der Waals surface area (Å²) in [6, 6.07) is 10.9. The summed E-state index contributed by atoms with van der Waals surface area (Å²) in [5, 5.41) is 5.78. The molecule has 2 N–H and O–H groups in total. The number of anilines is 1. The molecule has 0 unspecified atom stereocenters. The quantitative estimate of drug-likeness (QED) is 0.524. The first-order valence-electron chi connectivity index (χ1n) is 9.42. The fourth-order valence-corrected chi connectivity index (χ4v) is 4.47. The Morgan fingerprint density at radius 2 is 1.93 bits per heavy atom. The standard InChI is InChI=1S/C20H20ClN3.CH4O3S/c1-12-7-13-10-22-17-9-14(21)3-4-19(17)24-18-5-6-23(2)11-16(18)15(8-12)20(13)24;1-5(2,3)4/h3-4,7-9,22H,5-6,10-11H2,1-2H3;1H3,(H,2,3,4). The molecule has 3 aromatic rings. The maximum atomic E-state index is 9.19. The van der Waals surface area contributed by atoms with Crippen molar-refractivity contribution in [3.05, 3.63) is 57.7 Å². The van der Waals surface area contributed by atoms with Crippen LogP contribution in [0.4, 0.5) is 5.69 Å². The number of halogens is 1. The Morgan fingerprint density at radius 3 is 2.66 bits per heavy atom. The molecule has 2 aliphatic heterocycles.